The SMILES string of the molecule is COc1ccccc1-c1cnccc1C(=O)Nc1nnc(OCc2ccc(C(=O)N3C[C@H]4C[C@@H](C3)N4C(=O)CC34CC5CC(CC(C5)C3)C4)cc2)s1. The molecule has 7 aliphatic rings. The molecule has 3 saturated heterocycles. The smallest absolute Gasteiger partial charge is 0.296 e. The molecule has 0 radical (unpaired) electrons. The van der Waals surface area contributed by atoms with Crippen LogP contribution in [0.5, 0.6) is 10.9 Å². The van der Waals surface area contributed by atoms with Gasteiger partial charge in [0.2, 0.25) is 11.0 Å². The molecule has 11 nitrogen and oxygen atoms in total. The molecular formula is C40H42N6O5S. The molecule has 1 N–H and O–H groups in total. The molecule has 2 aromatic heterocycles. The molecule has 12 heteroatoms. The number of anilines is 1. The number of carbonyl (C=O) groups excluding carboxylic acids is 3. The summed E-state index contributed by atoms with van der Waals surface area (Å²) in [4.78, 5) is 48.6. The topological polar surface area (TPSA) is 127 Å². The lowest BCUT2D eigenvalue weighted by Gasteiger charge is -2.59. The summed E-state index contributed by atoms with van der Waals surface area (Å²) in [5.74, 6) is 3.15. The highest BCUT2D eigenvalue weighted by Gasteiger charge is 2.54. The summed E-state index contributed by atoms with van der Waals surface area (Å²) in [5.41, 5.74) is 3.56. The normalized spacial score (nSPS) is 26.8. The van der Waals surface area contributed by atoms with Gasteiger partial charge in [-0.1, -0.05) is 35.4 Å². The van der Waals surface area contributed by atoms with Crippen molar-refractivity contribution in [2.45, 2.75) is 70.1 Å². The summed E-state index contributed by atoms with van der Waals surface area (Å²) in [7, 11) is 1.59. The van der Waals surface area contributed by atoms with Crippen molar-refractivity contribution < 1.29 is 23.9 Å². The molecule has 2 atom stereocenters. The first-order chi connectivity index (χ1) is 25.3. The summed E-state index contributed by atoms with van der Waals surface area (Å²) >= 11 is 1.13. The van der Waals surface area contributed by atoms with Crippen molar-refractivity contribution in [3.63, 3.8) is 0 Å². The van der Waals surface area contributed by atoms with Crippen LogP contribution in [0, 0.1) is 23.2 Å². The molecule has 2 aromatic carbocycles. The van der Waals surface area contributed by atoms with Gasteiger partial charge in [-0.25, -0.2) is 0 Å². The summed E-state index contributed by atoms with van der Waals surface area (Å²) in [6.45, 7) is 1.44. The Hall–Kier alpha value is -4.84. The molecular weight excluding hydrogens is 677 g/mol. The number of rotatable bonds is 10. The van der Waals surface area contributed by atoms with E-state index in [9.17, 15) is 14.4 Å². The van der Waals surface area contributed by atoms with E-state index in [1.165, 1.54) is 38.5 Å². The monoisotopic (exact) mass is 718 g/mol. The molecule has 0 spiro atoms. The van der Waals surface area contributed by atoms with Gasteiger partial charge >= 0.3 is 0 Å². The molecule has 3 aliphatic heterocycles. The van der Waals surface area contributed by atoms with Crippen molar-refractivity contribution in [2.24, 2.45) is 23.2 Å². The Bertz CT molecular complexity index is 1970. The summed E-state index contributed by atoms with van der Waals surface area (Å²) < 4.78 is 11.4. The van der Waals surface area contributed by atoms with E-state index in [1.54, 1.807) is 25.6 Å². The van der Waals surface area contributed by atoms with Gasteiger partial charge in [0, 0.05) is 48.6 Å². The van der Waals surface area contributed by atoms with Gasteiger partial charge in [-0.05, 0) is 109 Å². The molecule has 6 bridgehead atoms. The van der Waals surface area contributed by atoms with Crippen molar-refractivity contribution in [3.8, 4) is 22.1 Å². The lowest BCUT2D eigenvalue weighted by atomic mass is 9.48. The first kappa shape index (κ1) is 33.0. The maximum Gasteiger partial charge on any atom is 0.296 e. The highest BCUT2D eigenvalue weighted by Crippen LogP contribution is 2.61. The van der Waals surface area contributed by atoms with Crippen molar-refractivity contribution in [3.05, 3.63) is 83.7 Å². The Labute approximate surface area is 306 Å². The number of carbonyl (C=O) groups is 3. The number of pyridine rings is 1. The number of methoxy groups -OCH3 is 1. The van der Waals surface area contributed by atoms with E-state index >= 15 is 0 Å². The Kier molecular flexibility index (Phi) is 8.44. The van der Waals surface area contributed by atoms with Crippen LogP contribution in [0.3, 0.4) is 0 Å². The Morgan fingerprint density at radius 1 is 0.885 bits per heavy atom. The van der Waals surface area contributed by atoms with E-state index in [4.69, 9.17) is 9.47 Å². The van der Waals surface area contributed by atoms with Gasteiger partial charge in [-0.2, -0.15) is 0 Å². The average Bonchev–Trinajstić information content (AvgIpc) is 3.60. The molecule has 4 aliphatic carbocycles. The first-order valence-corrected chi connectivity index (χ1v) is 19.2. The van der Waals surface area contributed by atoms with Crippen molar-refractivity contribution in [1.82, 2.24) is 25.0 Å². The van der Waals surface area contributed by atoms with Crippen LogP contribution in [0.25, 0.3) is 11.1 Å². The highest BCUT2D eigenvalue weighted by atomic mass is 32.1. The number of ether oxygens (including phenoxy) is 2. The number of fused-ring (bicyclic) bond motifs is 2. The molecule has 4 saturated carbocycles. The van der Waals surface area contributed by atoms with Crippen LogP contribution in [-0.4, -0.2) is 75.0 Å². The Balaban J connectivity index is 0.768. The van der Waals surface area contributed by atoms with E-state index in [2.05, 4.69) is 25.4 Å². The number of piperazine rings is 1. The van der Waals surface area contributed by atoms with E-state index in [-0.39, 0.29) is 35.9 Å². The summed E-state index contributed by atoms with van der Waals surface area (Å²) in [5, 5.41) is 11.6. The standard InChI is InChI=1S/C40H42N6O5S/c1-50-34-5-3-2-4-31(34)33-20-41-11-10-32(33)36(48)42-38-43-44-39(52-38)51-23-24-6-8-28(9-7-24)37(49)45-21-29-15-30(22-45)46(29)35(47)19-40-16-25-12-26(17-40)14-27(13-25)18-40/h2-11,20,25-27,29-30H,12-19,21-23H2,1H3,(H,42,43,48)/t25?,26?,27?,29-,30+,40?. The van der Waals surface area contributed by atoms with Crippen LogP contribution in [0.4, 0.5) is 5.13 Å². The second kappa shape index (κ2) is 13.3. The lowest BCUT2D eigenvalue weighted by Crippen LogP contribution is -2.71. The van der Waals surface area contributed by atoms with Crippen LogP contribution >= 0.6 is 11.3 Å². The number of nitrogens with one attached hydrogen (secondary N) is 1. The lowest BCUT2D eigenvalue weighted by molar-refractivity contribution is -0.159. The molecule has 0 unspecified atom stereocenters. The zero-order valence-corrected chi connectivity index (χ0v) is 30.0. The largest absolute Gasteiger partial charge is 0.496 e. The van der Waals surface area contributed by atoms with Crippen LogP contribution in [0.15, 0.2) is 67.0 Å². The van der Waals surface area contributed by atoms with Gasteiger partial charge in [0.05, 0.1) is 24.8 Å². The minimum Gasteiger partial charge on any atom is -0.496 e. The van der Waals surface area contributed by atoms with E-state index < -0.39 is 0 Å². The maximum atomic E-state index is 13.6. The highest BCUT2D eigenvalue weighted by molar-refractivity contribution is 7.17. The van der Waals surface area contributed by atoms with Crippen molar-refractivity contribution >= 4 is 34.2 Å². The zero-order valence-electron chi connectivity index (χ0n) is 29.2. The molecule has 52 heavy (non-hydrogen) atoms. The van der Waals surface area contributed by atoms with Crippen LogP contribution < -0.4 is 14.8 Å². The number of hydrogen-bond donors (Lipinski definition) is 1. The third-order valence-corrected chi connectivity index (χ3v) is 12.9. The number of benzene rings is 2. The minimum atomic E-state index is -0.353. The van der Waals surface area contributed by atoms with Gasteiger partial charge in [-0.15, -0.1) is 5.10 Å². The minimum absolute atomic E-state index is 0.00270. The van der Waals surface area contributed by atoms with Crippen LogP contribution in [0.1, 0.15) is 77.6 Å². The van der Waals surface area contributed by atoms with Gasteiger partial charge in [0.1, 0.15) is 12.4 Å². The number of para-hydroxylation sites is 1. The number of piperidine rings is 1. The van der Waals surface area contributed by atoms with Crippen molar-refractivity contribution in [1.29, 1.82) is 0 Å². The molecule has 5 heterocycles. The van der Waals surface area contributed by atoms with E-state index in [1.807, 2.05) is 53.4 Å². The Morgan fingerprint density at radius 2 is 1.60 bits per heavy atom. The second-order valence-corrected chi connectivity index (χ2v) is 16.5. The zero-order chi connectivity index (χ0) is 35.4. The number of hydrogen-bond acceptors (Lipinski definition) is 9. The van der Waals surface area contributed by atoms with E-state index in [0.29, 0.717) is 58.2 Å². The number of nitrogens with zero attached hydrogens (tertiary/aromatic N) is 5. The van der Waals surface area contributed by atoms with Gasteiger partial charge in [-0.3, -0.25) is 24.7 Å². The quantitative estimate of drug-likeness (QED) is 0.198. The van der Waals surface area contributed by atoms with Gasteiger partial charge in [0.15, 0.2) is 0 Å². The molecule has 11 rings (SSSR count). The fourth-order valence-electron chi connectivity index (χ4n) is 10.3. The molecule has 7 fully saturated rings. The van der Waals surface area contributed by atoms with Crippen molar-refractivity contribution in [2.75, 3.05) is 25.5 Å². The third-order valence-electron chi connectivity index (χ3n) is 12.1. The first-order valence-electron chi connectivity index (χ1n) is 18.4. The predicted octanol–water partition coefficient (Wildman–Crippen LogP) is 6.47. The van der Waals surface area contributed by atoms with Gasteiger partial charge in [0.25, 0.3) is 17.0 Å². The number of amides is 3. The summed E-state index contributed by atoms with van der Waals surface area (Å²) in [6, 6.07) is 16.8. The Morgan fingerprint density at radius 3 is 2.31 bits per heavy atom. The molecule has 268 valence electrons. The molecule has 4 aromatic rings. The average molecular weight is 719 g/mol. The molecule has 3 amide bonds. The van der Waals surface area contributed by atoms with E-state index in [0.717, 1.165) is 46.6 Å². The third kappa shape index (κ3) is 6.20. The van der Waals surface area contributed by atoms with Gasteiger partial charge < -0.3 is 19.3 Å². The second-order valence-electron chi connectivity index (χ2n) is 15.6. The van der Waals surface area contributed by atoms with Crippen LogP contribution in [-0.2, 0) is 11.4 Å². The van der Waals surface area contributed by atoms with Crippen LogP contribution in [0.2, 0.25) is 0 Å². The predicted molar refractivity (Wildman–Crippen MR) is 195 cm³/mol. The summed E-state index contributed by atoms with van der Waals surface area (Å²) in [6.07, 6.45) is 12.8. The maximum absolute atomic E-state index is 13.6. The fourth-order valence-corrected chi connectivity index (χ4v) is 10.9. The number of aromatic nitrogens is 3. The fraction of sp³-hybridized carbons (Fsp3) is 0.450.